The first-order valence-electron chi connectivity index (χ1n) is 17.0. The number of nitrogens with zero attached hydrogens (tertiary/aromatic N) is 4. The van der Waals surface area contributed by atoms with Crippen molar-refractivity contribution in [2.75, 3.05) is 0 Å². The lowest BCUT2D eigenvalue weighted by molar-refractivity contribution is 1.08. The first-order chi connectivity index (χ1) is 24.8. The topological polar surface area (TPSA) is 35.6 Å². The Kier molecular flexibility index (Phi) is 5.63. The van der Waals surface area contributed by atoms with Gasteiger partial charge in [0.25, 0.3) is 0 Å². The van der Waals surface area contributed by atoms with E-state index < -0.39 is 0 Å². The summed E-state index contributed by atoms with van der Waals surface area (Å²) in [6.45, 7) is 0. The first kappa shape index (κ1) is 27.2. The number of hydrogen-bond acceptors (Lipinski definition) is 2. The summed E-state index contributed by atoms with van der Waals surface area (Å²) in [5, 5.41) is 9.78. The fourth-order valence-electron chi connectivity index (χ4n) is 8.08. The number of hydrogen-bond donors (Lipinski definition) is 0. The van der Waals surface area contributed by atoms with Crippen molar-refractivity contribution < 1.29 is 0 Å². The second-order valence-corrected chi connectivity index (χ2v) is 13.0. The summed E-state index contributed by atoms with van der Waals surface area (Å²) in [5.41, 5.74) is 9.30. The second-order valence-electron chi connectivity index (χ2n) is 13.0. The maximum absolute atomic E-state index is 5.40. The molecule has 0 atom stereocenters. The summed E-state index contributed by atoms with van der Waals surface area (Å²) in [5.74, 6) is 0.815. The van der Waals surface area contributed by atoms with Crippen LogP contribution in [-0.2, 0) is 0 Å². The average molecular weight is 637 g/mol. The van der Waals surface area contributed by atoms with Gasteiger partial charge in [-0.15, -0.1) is 0 Å². The van der Waals surface area contributed by atoms with Gasteiger partial charge in [-0.3, -0.25) is 4.57 Å². The van der Waals surface area contributed by atoms with Gasteiger partial charge < -0.3 is 4.57 Å². The molecule has 0 aliphatic heterocycles. The standard InChI is InChI=1S/C46H28N4/c1-2-14-31(15-3-1)44-46(48-39-20-10-9-19-38(39)47-44)50-41-27-23-29-12-4-6-16-33(29)43(41)37-26-24-32(28-42(37)50)49-40-21-11-8-18-35(40)36-25-22-30-13-5-7-17-34(30)45(36)49/h1-28H. The molecule has 0 amide bonds. The van der Waals surface area contributed by atoms with Gasteiger partial charge in [-0.25, -0.2) is 9.97 Å². The van der Waals surface area contributed by atoms with E-state index in [1.54, 1.807) is 0 Å². The molecule has 0 aliphatic carbocycles. The number of aromatic nitrogens is 4. The third-order valence-electron chi connectivity index (χ3n) is 10.3. The molecule has 4 nitrogen and oxygen atoms in total. The van der Waals surface area contributed by atoms with Gasteiger partial charge in [0, 0.05) is 38.2 Å². The maximum Gasteiger partial charge on any atom is 0.165 e. The van der Waals surface area contributed by atoms with E-state index in [0.29, 0.717) is 0 Å². The van der Waals surface area contributed by atoms with E-state index in [1.807, 2.05) is 24.3 Å². The summed E-state index contributed by atoms with van der Waals surface area (Å²) < 4.78 is 4.78. The molecule has 4 heteroatoms. The predicted octanol–water partition coefficient (Wildman–Crippen LogP) is 11.8. The smallest absolute Gasteiger partial charge is 0.165 e. The molecule has 11 aromatic rings. The van der Waals surface area contributed by atoms with E-state index >= 15 is 0 Å². The van der Waals surface area contributed by atoms with Gasteiger partial charge in [0.1, 0.15) is 5.69 Å². The summed E-state index contributed by atoms with van der Waals surface area (Å²) in [7, 11) is 0. The third-order valence-corrected chi connectivity index (χ3v) is 10.3. The van der Waals surface area contributed by atoms with Crippen LogP contribution in [0.15, 0.2) is 170 Å². The third kappa shape index (κ3) is 3.81. The molecule has 50 heavy (non-hydrogen) atoms. The Balaban J connectivity index is 1.32. The molecule has 0 aliphatic rings. The van der Waals surface area contributed by atoms with Crippen molar-refractivity contribution in [3.8, 4) is 22.8 Å². The lowest BCUT2D eigenvalue weighted by Crippen LogP contribution is -2.04. The van der Waals surface area contributed by atoms with Gasteiger partial charge in [-0.05, 0) is 52.6 Å². The van der Waals surface area contributed by atoms with E-state index in [0.717, 1.165) is 44.8 Å². The highest BCUT2D eigenvalue weighted by Crippen LogP contribution is 2.42. The highest BCUT2D eigenvalue weighted by atomic mass is 15.1. The van der Waals surface area contributed by atoms with Gasteiger partial charge in [0.15, 0.2) is 5.82 Å². The van der Waals surface area contributed by atoms with Gasteiger partial charge in [-0.1, -0.05) is 133 Å². The summed E-state index contributed by atoms with van der Waals surface area (Å²) in [6.07, 6.45) is 0. The highest BCUT2D eigenvalue weighted by molar-refractivity contribution is 6.22. The number of fused-ring (bicyclic) bond motifs is 11. The lowest BCUT2D eigenvalue weighted by Gasteiger charge is -2.15. The van der Waals surface area contributed by atoms with Crippen LogP contribution in [0.2, 0.25) is 0 Å². The van der Waals surface area contributed by atoms with Crippen molar-refractivity contribution >= 4 is 76.2 Å². The van der Waals surface area contributed by atoms with Crippen LogP contribution in [0, 0.1) is 0 Å². The summed E-state index contributed by atoms with van der Waals surface area (Å²) >= 11 is 0. The minimum absolute atomic E-state index is 0.815. The van der Waals surface area contributed by atoms with E-state index in [1.165, 1.54) is 54.1 Å². The number of rotatable bonds is 3. The molecular weight excluding hydrogens is 609 g/mol. The van der Waals surface area contributed by atoms with Gasteiger partial charge >= 0.3 is 0 Å². The zero-order valence-electron chi connectivity index (χ0n) is 27.0. The van der Waals surface area contributed by atoms with Crippen LogP contribution in [0.1, 0.15) is 0 Å². The number of benzene rings is 8. The monoisotopic (exact) mass is 636 g/mol. The molecule has 3 aromatic heterocycles. The average Bonchev–Trinajstić information content (AvgIpc) is 3.71. The Labute approximate surface area is 287 Å². The zero-order valence-corrected chi connectivity index (χ0v) is 27.0. The number of para-hydroxylation sites is 3. The lowest BCUT2D eigenvalue weighted by atomic mass is 10.0. The van der Waals surface area contributed by atoms with Crippen LogP contribution in [0.3, 0.4) is 0 Å². The van der Waals surface area contributed by atoms with Crippen LogP contribution in [-0.4, -0.2) is 19.1 Å². The molecule has 0 spiro atoms. The van der Waals surface area contributed by atoms with Crippen molar-refractivity contribution in [3.05, 3.63) is 170 Å². The molecule has 0 fully saturated rings. The van der Waals surface area contributed by atoms with Crippen molar-refractivity contribution in [1.82, 2.24) is 19.1 Å². The fourth-order valence-corrected chi connectivity index (χ4v) is 8.08. The Morgan fingerprint density at radius 1 is 0.380 bits per heavy atom. The van der Waals surface area contributed by atoms with Gasteiger partial charge in [0.05, 0.1) is 33.1 Å². The SMILES string of the molecule is c1ccc(-c2nc3ccccc3nc2-n2c3cc(-n4c5ccccc5c5ccc6ccccc6c54)ccc3c3c4ccccc4ccc32)cc1. The van der Waals surface area contributed by atoms with E-state index in [2.05, 4.69) is 155 Å². The molecule has 232 valence electrons. The summed E-state index contributed by atoms with van der Waals surface area (Å²) in [6, 6.07) is 60.6. The molecule has 8 aromatic carbocycles. The molecule has 0 N–H and O–H groups in total. The van der Waals surface area contributed by atoms with Crippen molar-refractivity contribution in [1.29, 1.82) is 0 Å². The quantitative estimate of drug-likeness (QED) is 0.193. The maximum atomic E-state index is 5.40. The molecule has 0 bridgehead atoms. The van der Waals surface area contributed by atoms with Crippen LogP contribution in [0.25, 0.3) is 99.0 Å². The molecule has 0 saturated heterocycles. The molecular formula is C46H28N4. The minimum Gasteiger partial charge on any atom is -0.309 e. The van der Waals surface area contributed by atoms with E-state index in [-0.39, 0.29) is 0 Å². The van der Waals surface area contributed by atoms with Crippen LogP contribution in [0.4, 0.5) is 0 Å². The molecule has 3 heterocycles. The first-order valence-corrected chi connectivity index (χ1v) is 17.0. The summed E-state index contributed by atoms with van der Waals surface area (Å²) in [4.78, 5) is 10.7. The van der Waals surface area contributed by atoms with Gasteiger partial charge in [-0.2, -0.15) is 0 Å². The van der Waals surface area contributed by atoms with Crippen LogP contribution in [0.5, 0.6) is 0 Å². The normalized spacial score (nSPS) is 12.0. The van der Waals surface area contributed by atoms with E-state index in [9.17, 15) is 0 Å². The fraction of sp³-hybridized carbons (Fsp3) is 0. The Bertz CT molecular complexity index is 3150. The predicted molar refractivity (Wildman–Crippen MR) is 209 cm³/mol. The molecule has 0 saturated carbocycles. The Morgan fingerprint density at radius 3 is 1.86 bits per heavy atom. The van der Waals surface area contributed by atoms with Crippen LogP contribution < -0.4 is 0 Å². The second kappa shape index (κ2) is 10.4. The largest absolute Gasteiger partial charge is 0.309 e. The van der Waals surface area contributed by atoms with Crippen molar-refractivity contribution in [2.24, 2.45) is 0 Å². The highest BCUT2D eigenvalue weighted by Gasteiger charge is 2.22. The van der Waals surface area contributed by atoms with Crippen molar-refractivity contribution in [2.45, 2.75) is 0 Å². The van der Waals surface area contributed by atoms with Gasteiger partial charge in [0.2, 0.25) is 0 Å². The Hall–Kier alpha value is -6.78. The van der Waals surface area contributed by atoms with E-state index in [4.69, 9.17) is 9.97 Å². The Morgan fingerprint density at radius 2 is 1.02 bits per heavy atom. The molecule has 11 rings (SSSR count). The van der Waals surface area contributed by atoms with Crippen LogP contribution >= 0.6 is 0 Å². The molecule has 0 unspecified atom stereocenters. The van der Waals surface area contributed by atoms with Crippen molar-refractivity contribution in [3.63, 3.8) is 0 Å². The molecule has 0 radical (unpaired) electrons. The minimum atomic E-state index is 0.815. The zero-order chi connectivity index (χ0) is 32.8.